The number of nitrogens with zero attached hydrogens (tertiary/aromatic N) is 5. The predicted octanol–water partition coefficient (Wildman–Crippen LogP) is 3.26. The first-order valence-corrected chi connectivity index (χ1v) is 10.9. The predicted molar refractivity (Wildman–Crippen MR) is 127 cm³/mol. The smallest absolute Gasteiger partial charge is 0.272 e. The summed E-state index contributed by atoms with van der Waals surface area (Å²) in [5.74, 6) is 0.795. The molecule has 9 nitrogen and oxygen atoms in total. The second kappa shape index (κ2) is 7.51. The van der Waals surface area contributed by atoms with Gasteiger partial charge in [-0.05, 0) is 44.2 Å². The average Bonchev–Trinajstić information content (AvgIpc) is 3.16. The molecule has 0 aliphatic carbocycles. The highest BCUT2D eigenvalue weighted by Gasteiger charge is 2.34. The molecular formula is C25H20N6O3. The number of aromatic nitrogens is 5. The van der Waals surface area contributed by atoms with Crippen molar-refractivity contribution >= 4 is 28.1 Å². The van der Waals surface area contributed by atoms with Crippen molar-refractivity contribution in [3.8, 4) is 17.0 Å². The van der Waals surface area contributed by atoms with Crippen molar-refractivity contribution in [2.75, 3.05) is 4.90 Å². The van der Waals surface area contributed by atoms with Crippen molar-refractivity contribution in [2.24, 2.45) is 0 Å². The zero-order valence-electron chi connectivity index (χ0n) is 18.5. The van der Waals surface area contributed by atoms with E-state index >= 15 is 0 Å². The number of amides is 1. The number of rotatable bonds is 3. The Kier molecular flexibility index (Phi) is 4.44. The first kappa shape index (κ1) is 20.1. The zero-order valence-corrected chi connectivity index (χ0v) is 18.5. The Bertz CT molecular complexity index is 1650. The van der Waals surface area contributed by atoms with Crippen molar-refractivity contribution in [3.63, 3.8) is 0 Å². The van der Waals surface area contributed by atoms with Gasteiger partial charge < -0.3 is 9.14 Å². The van der Waals surface area contributed by atoms with Crippen LogP contribution in [0.25, 0.3) is 27.7 Å². The fourth-order valence-electron chi connectivity index (χ4n) is 4.35. The molecule has 1 aliphatic heterocycles. The van der Waals surface area contributed by atoms with E-state index in [0.717, 1.165) is 28.0 Å². The number of hydrogen-bond acceptors (Lipinski definition) is 6. The number of imidazole rings is 1. The van der Waals surface area contributed by atoms with Gasteiger partial charge in [0.2, 0.25) is 0 Å². The van der Waals surface area contributed by atoms with Crippen LogP contribution in [0, 0.1) is 6.92 Å². The molecule has 34 heavy (non-hydrogen) atoms. The van der Waals surface area contributed by atoms with Gasteiger partial charge in [0.1, 0.15) is 5.65 Å². The largest absolute Gasteiger partial charge is 0.477 e. The fraction of sp³-hybridized carbons (Fsp3) is 0.160. The third-order valence-electron chi connectivity index (χ3n) is 6.11. The second-order valence-electron chi connectivity index (χ2n) is 8.28. The molecule has 4 aromatic heterocycles. The Hall–Kier alpha value is -4.53. The number of nitrogens with one attached hydrogen (secondary N) is 1. The van der Waals surface area contributed by atoms with Gasteiger partial charge in [-0.25, -0.2) is 15.1 Å². The maximum Gasteiger partial charge on any atom is 0.272 e. The summed E-state index contributed by atoms with van der Waals surface area (Å²) < 4.78 is 7.83. The van der Waals surface area contributed by atoms with Gasteiger partial charge in [0.15, 0.2) is 17.7 Å². The molecule has 1 aromatic carbocycles. The molecule has 168 valence electrons. The van der Waals surface area contributed by atoms with Crippen LogP contribution >= 0.6 is 0 Å². The summed E-state index contributed by atoms with van der Waals surface area (Å²) in [5.41, 5.74) is 3.68. The highest BCUT2D eigenvalue weighted by Crippen LogP contribution is 2.36. The number of aromatic amines is 1. The van der Waals surface area contributed by atoms with Gasteiger partial charge in [-0.2, -0.15) is 5.10 Å². The highest BCUT2D eigenvalue weighted by molar-refractivity contribution is 5.99. The number of carbonyl (C=O) groups is 1. The van der Waals surface area contributed by atoms with Gasteiger partial charge in [0, 0.05) is 17.1 Å². The Balaban J connectivity index is 1.46. The summed E-state index contributed by atoms with van der Waals surface area (Å²) >= 11 is 0. The molecule has 6 rings (SSSR count). The topological polar surface area (TPSA) is 105 Å². The normalized spacial score (nSPS) is 15.5. The third-order valence-corrected chi connectivity index (χ3v) is 6.11. The molecule has 0 fully saturated rings. The standard InChI is InChI=1S/C25H20N6O3/c1-14-20(30-10-4-3-5-22(30)27-14)13-31-23-21(34-15(2)25(31)33)9-8-19(28-23)16-6-7-17-12-26-29-24(32)18(17)11-16/h3-12,15H,13H2,1-2H3,(H,29,32)/t15-/m1/s1. The van der Waals surface area contributed by atoms with E-state index < -0.39 is 6.10 Å². The van der Waals surface area contributed by atoms with E-state index in [0.29, 0.717) is 29.2 Å². The molecule has 0 saturated heterocycles. The van der Waals surface area contributed by atoms with Gasteiger partial charge in [0.25, 0.3) is 11.5 Å². The second-order valence-corrected chi connectivity index (χ2v) is 8.28. The monoisotopic (exact) mass is 452 g/mol. The molecule has 1 atom stereocenters. The molecule has 0 saturated carbocycles. The molecular weight excluding hydrogens is 432 g/mol. The van der Waals surface area contributed by atoms with Gasteiger partial charge in [-0.15, -0.1) is 0 Å². The number of hydrogen-bond donors (Lipinski definition) is 1. The highest BCUT2D eigenvalue weighted by atomic mass is 16.5. The van der Waals surface area contributed by atoms with Crippen molar-refractivity contribution in [1.29, 1.82) is 0 Å². The minimum atomic E-state index is -0.633. The minimum absolute atomic E-state index is 0.177. The lowest BCUT2D eigenvalue weighted by Gasteiger charge is -2.32. The number of H-pyrrole nitrogens is 1. The Morgan fingerprint density at radius 3 is 2.85 bits per heavy atom. The molecule has 5 aromatic rings. The summed E-state index contributed by atoms with van der Waals surface area (Å²) in [6.07, 6.45) is 2.91. The molecule has 0 bridgehead atoms. The van der Waals surface area contributed by atoms with Crippen LogP contribution in [0.5, 0.6) is 5.75 Å². The number of pyridine rings is 2. The third kappa shape index (κ3) is 3.13. The summed E-state index contributed by atoms with van der Waals surface area (Å²) in [5, 5.41) is 7.56. The molecule has 0 spiro atoms. The van der Waals surface area contributed by atoms with Gasteiger partial charge >= 0.3 is 0 Å². The lowest BCUT2D eigenvalue weighted by molar-refractivity contribution is -0.125. The van der Waals surface area contributed by atoms with Crippen molar-refractivity contribution < 1.29 is 9.53 Å². The van der Waals surface area contributed by atoms with E-state index in [9.17, 15) is 9.59 Å². The summed E-state index contributed by atoms with van der Waals surface area (Å²) in [7, 11) is 0. The quantitative estimate of drug-likeness (QED) is 0.451. The van der Waals surface area contributed by atoms with Crippen molar-refractivity contribution in [1.82, 2.24) is 24.6 Å². The Morgan fingerprint density at radius 2 is 1.97 bits per heavy atom. The van der Waals surface area contributed by atoms with Gasteiger partial charge in [-0.1, -0.05) is 18.2 Å². The number of aryl methyl sites for hydroxylation is 1. The van der Waals surface area contributed by atoms with Crippen molar-refractivity contribution in [3.05, 3.63) is 82.7 Å². The molecule has 0 unspecified atom stereocenters. The van der Waals surface area contributed by atoms with E-state index in [-0.39, 0.29) is 11.5 Å². The summed E-state index contributed by atoms with van der Waals surface area (Å²) in [6, 6.07) is 14.9. The maximum absolute atomic E-state index is 13.2. The first-order valence-electron chi connectivity index (χ1n) is 10.9. The van der Waals surface area contributed by atoms with Crippen LogP contribution in [0.15, 0.2) is 65.7 Å². The van der Waals surface area contributed by atoms with E-state index in [1.165, 1.54) is 0 Å². The zero-order chi connectivity index (χ0) is 23.4. The number of fused-ring (bicyclic) bond motifs is 3. The lowest BCUT2D eigenvalue weighted by atomic mass is 10.1. The number of ether oxygens (including phenoxy) is 1. The minimum Gasteiger partial charge on any atom is -0.477 e. The van der Waals surface area contributed by atoms with Crippen LogP contribution in [0.2, 0.25) is 0 Å². The molecule has 1 amide bonds. The number of anilines is 1. The van der Waals surface area contributed by atoms with Gasteiger partial charge in [0.05, 0.1) is 35.2 Å². The molecule has 9 heteroatoms. The summed E-state index contributed by atoms with van der Waals surface area (Å²) in [6.45, 7) is 3.97. The van der Waals surface area contributed by atoms with E-state index in [1.54, 1.807) is 24.1 Å². The lowest BCUT2D eigenvalue weighted by Crippen LogP contribution is -2.44. The van der Waals surface area contributed by atoms with E-state index in [1.807, 2.05) is 60.0 Å². The first-order chi connectivity index (χ1) is 16.5. The van der Waals surface area contributed by atoms with Crippen LogP contribution in [0.3, 0.4) is 0 Å². The number of benzene rings is 1. The fourth-order valence-corrected chi connectivity index (χ4v) is 4.35. The van der Waals surface area contributed by atoms with E-state index in [4.69, 9.17) is 9.72 Å². The Labute approximate surface area is 193 Å². The van der Waals surface area contributed by atoms with Crippen molar-refractivity contribution in [2.45, 2.75) is 26.5 Å². The maximum atomic E-state index is 13.2. The van der Waals surface area contributed by atoms with Crippen LogP contribution in [0.1, 0.15) is 18.3 Å². The average molecular weight is 452 g/mol. The van der Waals surface area contributed by atoms with Crippen LogP contribution < -0.4 is 15.2 Å². The van der Waals surface area contributed by atoms with Crippen LogP contribution in [-0.2, 0) is 11.3 Å². The number of carbonyl (C=O) groups excluding carboxylic acids is 1. The van der Waals surface area contributed by atoms with Gasteiger partial charge in [-0.3, -0.25) is 14.5 Å². The summed E-state index contributed by atoms with van der Waals surface area (Å²) in [4.78, 5) is 36.5. The van der Waals surface area contributed by atoms with E-state index in [2.05, 4.69) is 15.2 Å². The molecule has 1 aliphatic rings. The molecule has 1 N–H and O–H groups in total. The van der Waals surface area contributed by atoms with Crippen LogP contribution in [0.4, 0.5) is 5.82 Å². The molecule has 0 radical (unpaired) electrons. The van der Waals surface area contributed by atoms with Crippen LogP contribution in [-0.4, -0.2) is 36.6 Å². The SMILES string of the molecule is Cc1nc2ccccn2c1CN1C(=O)[C@@H](C)Oc2ccc(-c3ccc4cn[nH]c(=O)c4c3)nc21. The Morgan fingerprint density at radius 1 is 1.09 bits per heavy atom. The molecule has 5 heterocycles.